The molecule has 0 amide bonds. The van der Waals surface area contributed by atoms with Crippen LogP contribution in [0.2, 0.25) is 0 Å². The zero-order chi connectivity index (χ0) is 14.0. The molecule has 2 rings (SSSR count). The van der Waals surface area contributed by atoms with Crippen LogP contribution < -0.4 is 5.73 Å². The van der Waals surface area contributed by atoms with E-state index in [4.69, 9.17) is 10.2 Å². The van der Waals surface area contributed by atoms with Gasteiger partial charge in [-0.25, -0.2) is 0 Å². The fourth-order valence-corrected chi connectivity index (χ4v) is 3.00. The minimum Gasteiger partial charge on any atom is -0.467 e. The van der Waals surface area contributed by atoms with Crippen molar-refractivity contribution in [2.75, 3.05) is 0 Å². The summed E-state index contributed by atoms with van der Waals surface area (Å²) in [4.78, 5) is 0. The molecule has 4 nitrogen and oxygen atoms in total. The number of nitrogens with zero attached hydrogens (tertiary/aromatic N) is 2. The molecule has 2 N–H and O–H groups in total. The van der Waals surface area contributed by atoms with E-state index in [9.17, 15) is 0 Å². The average Bonchev–Trinajstić information content (AvgIpc) is 2.95. The average molecular weight is 326 g/mol. The molecule has 0 bridgehead atoms. The van der Waals surface area contributed by atoms with Crippen molar-refractivity contribution in [2.45, 2.75) is 46.2 Å². The van der Waals surface area contributed by atoms with Gasteiger partial charge in [0.05, 0.1) is 28.2 Å². The summed E-state index contributed by atoms with van der Waals surface area (Å²) in [5, 5.41) is 4.59. The fourth-order valence-electron chi connectivity index (χ4n) is 2.28. The van der Waals surface area contributed by atoms with Gasteiger partial charge < -0.3 is 10.2 Å². The standard InChI is InChI=1S/C14H20BrN3O/c1-4-11-13(15)12(18(5-2)17-11)8-10(16)14-9(3)6-7-19-14/h6-7,10H,4-5,8,16H2,1-3H3. The van der Waals surface area contributed by atoms with Crippen molar-refractivity contribution in [3.8, 4) is 0 Å². The van der Waals surface area contributed by atoms with Gasteiger partial charge in [0.2, 0.25) is 0 Å². The zero-order valence-corrected chi connectivity index (χ0v) is 13.2. The quantitative estimate of drug-likeness (QED) is 0.916. The number of hydrogen-bond donors (Lipinski definition) is 1. The Hall–Kier alpha value is -1.07. The molecule has 19 heavy (non-hydrogen) atoms. The lowest BCUT2D eigenvalue weighted by molar-refractivity contribution is 0.453. The topological polar surface area (TPSA) is 57.0 Å². The first-order chi connectivity index (χ1) is 9.08. The molecule has 0 aliphatic carbocycles. The second-order valence-corrected chi connectivity index (χ2v) is 5.45. The summed E-state index contributed by atoms with van der Waals surface area (Å²) in [5.74, 6) is 0.855. The van der Waals surface area contributed by atoms with Crippen molar-refractivity contribution in [2.24, 2.45) is 5.73 Å². The molecule has 0 saturated heterocycles. The molecular weight excluding hydrogens is 306 g/mol. The Balaban J connectivity index is 2.28. The Morgan fingerprint density at radius 1 is 1.47 bits per heavy atom. The van der Waals surface area contributed by atoms with Gasteiger partial charge in [-0.05, 0) is 47.8 Å². The number of furan rings is 1. The van der Waals surface area contributed by atoms with Crippen LogP contribution in [0.5, 0.6) is 0 Å². The normalized spacial score (nSPS) is 12.9. The van der Waals surface area contributed by atoms with E-state index in [1.807, 2.05) is 17.7 Å². The Labute approximate surface area is 122 Å². The van der Waals surface area contributed by atoms with Crippen molar-refractivity contribution in [1.82, 2.24) is 9.78 Å². The lowest BCUT2D eigenvalue weighted by atomic mass is 10.1. The van der Waals surface area contributed by atoms with Crippen molar-refractivity contribution >= 4 is 15.9 Å². The van der Waals surface area contributed by atoms with Gasteiger partial charge in [0, 0.05) is 13.0 Å². The van der Waals surface area contributed by atoms with Gasteiger partial charge in [0.15, 0.2) is 0 Å². The summed E-state index contributed by atoms with van der Waals surface area (Å²) < 4.78 is 8.57. The molecule has 0 fully saturated rings. The summed E-state index contributed by atoms with van der Waals surface area (Å²) in [6.45, 7) is 7.06. The number of aromatic nitrogens is 2. The molecule has 0 spiro atoms. The maximum atomic E-state index is 6.26. The van der Waals surface area contributed by atoms with Crippen LogP contribution in [0.4, 0.5) is 0 Å². The molecule has 5 heteroatoms. The maximum absolute atomic E-state index is 6.26. The molecule has 2 heterocycles. The van der Waals surface area contributed by atoms with Crippen LogP contribution >= 0.6 is 15.9 Å². The molecule has 0 aromatic carbocycles. The van der Waals surface area contributed by atoms with Gasteiger partial charge >= 0.3 is 0 Å². The van der Waals surface area contributed by atoms with Crippen LogP contribution in [0.15, 0.2) is 21.2 Å². The second kappa shape index (κ2) is 5.92. The Morgan fingerprint density at radius 2 is 2.21 bits per heavy atom. The van der Waals surface area contributed by atoms with Crippen LogP contribution in [0.1, 0.15) is 42.6 Å². The van der Waals surface area contributed by atoms with Gasteiger partial charge in [-0.2, -0.15) is 5.10 Å². The largest absolute Gasteiger partial charge is 0.467 e. The highest BCUT2D eigenvalue weighted by molar-refractivity contribution is 9.10. The van der Waals surface area contributed by atoms with Gasteiger partial charge in [-0.3, -0.25) is 4.68 Å². The molecule has 2 aromatic heterocycles. The first-order valence-corrected chi connectivity index (χ1v) is 7.41. The Bertz CT molecular complexity index is 559. The molecule has 0 aliphatic heterocycles. The number of rotatable bonds is 5. The minimum absolute atomic E-state index is 0.141. The van der Waals surface area contributed by atoms with Gasteiger partial charge in [-0.15, -0.1) is 0 Å². The van der Waals surface area contributed by atoms with Crippen LogP contribution in [-0.2, 0) is 19.4 Å². The predicted molar refractivity (Wildman–Crippen MR) is 79.1 cm³/mol. The highest BCUT2D eigenvalue weighted by atomic mass is 79.9. The lowest BCUT2D eigenvalue weighted by Gasteiger charge is -2.12. The molecule has 1 unspecified atom stereocenters. The second-order valence-electron chi connectivity index (χ2n) is 4.66. The van der Waals surface area contributed by atoms with E-state index in [2.05, 4.69) is 34.9 Å². The molecule has 104 valence electrons. The van der Waals surface area contributed by atoms with Crippen LogP contribution in [0, 0.1) is 6.92 Å². The van der Waals surface area contributed by atoms with Crippen molar-refractivity contribution in [3.63, 3.8) is 0 Å². The van der Waals surface area contributed by atoms with Crippen molar-refractivity contribution in [3.05, 3.63) is 39.5 Å². The van der Waals surface area contributed by atoms with E-state index in [-0.39, 0.29) is 6.04 Å². The smallest absolute Gasteiger partial charge is 0.123 e. The highest BCUT2D eigenvalue weighted by Gasteiger charge is 2.20. The molecule has 0 saturated carbocycles. The van der Waals surface area contributed by atoms with E-state index in [0.29, 0.717) is 0 Å². The van der Waals surface area contributed by atoms with Gasteiger partial charge in [0.25, 0.3) is 0 Å². The van der Waals surface area contributed by atoms with E-state index < -0.39 is 0 Å². The minimum atomic E-state index is -0.141. The number of aryl methyl sites for hydroxylation is 3. The first kappa shape index (κ1) is 14.3. The third kappa shape index (κ3) is 2.77. The molecule has 1 atom stereocenters. The summed E-state index contributed by atoms with van der Waals surface area (Å²) in [5.41, 5.74) is 9.58. The Morgan fingerprint density at radius 3 is 2.74 bits per heavy atom. The van der Waals surface area contributed by atoms with Gasteiger partial charge in [-0.1, -0.05) is 6.92 Å². The summed E-state index contributed by atoms with van der Waals surface area (Å²) in [6, 6.07) is 1.80. The lowest BCUT2D eigenvalue weighted by Crippen LogP contribution is -2.16. The van der Waals surface area contributed by atoms with Gasteiger partial charge in [0.1, 0.15) is 5.76 Å². The number of hydrogen-bond acceptors (Lipinski definition) is 3. The van der Waals surface area contributed by atoms with E-state index in [1.54, 1.807) is 6.26 Å². The summed E-state index contributed by atoms with van der Waals surface area (Å²) >= 11 is 3.64. The first-order valence-electron chi connectivity index (χ1n) is 6.62. The number of nitrogens with two attached hydrogens (primary N) is 1. The molecule has 0 radical (unpaired) electrons. The van der Waals surface area contributed by atoms with Crippen molar-refractivity contribution < 1.29 is 4.42 Å². The highest BCUT2D eigenvalue weighted by Crippen LogP contribution is 2.27. The third-order valence-corrected chi connectivity index (χ3v) is 4.26. The molecule has 2 aromatic rings. The maximum Gasteiger partial charge on any atom is 0.123 e. The zero-order valence-electron chi connectivity index (χ0n) is 11.6. The van der Waals surface area contributed by atoms with Crippen LogP contribution in [0.25, 0.3) is 0 Å². The summed E-state index contributed by atoms with van der Waals surface area (Å²) in [6.07, 6.45) is 3.32. The number of halogens is 1. The van der Waals surface area contributed by atoms with Crippen LogP contribution in [-0.4, -0.2) is 9.78 Å². The summed E-state index contributed by atoms with van der Waals surface area (Å²) in [7, 11) is 0. The fraction of sp³-hybridized carbons (Fsp3) is 0.500. The SMILES string of the molecule is CCc1nn(CC)c(CC(N)c2occc2C)c1Br. The monoisotopic (exact) mass is 325 g/mol. The molecule has 0 aliphatic rings. The van der Waals surface area contributed by atoms with E-state index in [1.165, 1.54) is 0 Å². The Kier molecular flexibility index (Phi) is 4.47. The van der Waals surface area contributed by atoms with Crippen LogP contribution in [0.3, 0.4) is 0 Å². The third-order valence-electron chi connectivity index (χ3n) is 3.35. The predicted octanol–water partition coefficient (Wildman–Crippen LogP) is 3.37. The van der Waals surface area contributed by atoms with E-state index in [0.717, 1.165) is 46.6 Å². The molecular formula is C14H20BrN3O. The van der Waals surface area contributed by atoms with Crippen molar-refractivity contribution in [1.29, 1.82) is 0 Å². The van der Waals surface area contributed by atoms with E-state index >= 15 is 0 Å².